The van der Waals surface area contributed by atoms with Crippen molar-refractivity contribution >= 4 is 11.4 Å². The highest BCUT2D eigenvalue weighted by Gasteiger charge is 2.27. The summed E-state index contributed by atoms with van der Waals surface area (Å²) in [6, 6.07) is 26.4. The molecule has 9 nitrogen and oxygen atoms in total. The Hall–Kier alpha value is -4.08. The molecule has 3 heterocycles. The van der Waals surface area contributed by atoms with Gasteiger partial charge in [-0.1, -0.05) is 44.2 Å². The number of benzene rings is 3. The number of hydrogen-bond donors (Lipinski definition) is 0. The molecule has 2 fully saturated rings. The molecule has 2 aliphatic heterocycles. The van der Waals surface area contributed by atoms with Crippen LogP contribution in [0.2, 0.25) is 0 Å². The summed E-state index contributed by atoms with van der Waals surface area (Å²) in [5.74, 6) is 1.19. The summed E-state index contributed by atoms with van der Waals surface area (Å²) >= 11 is 0. The fraction of sp³-hybridized carbons (Fsp3) is 0.375. The van der Waals surface area contributed by atoms with E-state index >= 15 is 0 Å². The minimum atomic E-state index is -0.326. The van der Waals surface area contributed by atoms with E-state index in [0.717, 1.165) is 48.9 Å². The molecule has 0 N–H and O–H groups in total. The van der Waals surface area contributed by atoms with Crippen LogP contribution in [0, 0.1) is 5.92 Å². The van der Waals surface area contributed by atoms with Gasteiger partial charge in [-0.2, -0.15) is 5.10 Å². The predicted molar refractivity (Wildman–Crippen MR) is 159 cm³/mol. The standard InChI is InChI=1S/C32H37N5O4/c1-24(2)20-37-32(38)36(23-33-37)28-10-8-26(9-11-28)34-16-18-35(19-17-34)27-12-14-29(15-13-27)39-21-30-22-40-31(41-30)25-6-4-3-5-7-25/h3-15,23-24,30-31H,16-22H2,1-2H3/t30-,31?/m1/s1. The first-order chi connectivity index (χ1) is 20.0. The molecular formula is C32H37N5O4. The summed E-state index contributed by atoms with van der Waals surface area (Å²) < 4.78 is 20.9. The number of piperazine rings is 1. The van der Waals surface area contributed by atoms with Gasteiger partial charge in [-0.25, -0.2) is 14.0 Å². The number of aromatic nitrogens is 3. The third-order valence-corrected chi connectivity index (χ3v) is 7.50. The fourth-order valence-electron chi connectivity index (χ4n) is 5.30. The molecule has 41 heavy (non-hydrogen) atoms. The lowest BCUT2D eigenvalue weighted by molar-refractivity contribution is -0.0659. The Bertz CT molecular complexity index is 1460. The van der Waals surface area contributed by atoms with Crippen molar-refractivity contribution in [2.45, 2.75) is 32.8 Å². The molecule has 0 saturated carbocycles. The van der Waals surface area contributed by atoms with E-state index in [1.807, 2.05) is 54.6 Å². The van der Waals surface area contributed by atoms with Gasteiger partial charge < -0.3 is 24.0 Å². The van der Waals surface area contributed by atoms with E-state index in [9.17, 15) is 4.79 Å². The molecule has 0 aliphatic carbocycles. The van der Waals surface area contributed by atoms with Crippen LogP contribution in [0.25, 0.3) is 5.69 Å². The summed E-state index contributed by atoms with van der Waals surface area (Å²) in [4.78, 5) is 17.5. The summed E-state index contributed by atoms with van der Waals surface area (Å²) in [6.45, 7) is 9.44. The molecule has 0 spiro atoms. The van der Waals surface area contributed by atoms with E-state index in [2.05, 4.69) is 53.0 Å². The number of anilines is 2. The Morgan fingerprint density at radius 3 is 2.10 bits per heavy atom. The molecule has 6 rings (SSSR count). The average molecular weight is 556 g/mol. The molecular weight excluding hydrogens is 518 g/mol. The molecule has 214 valence electrons. The summed E-state index contributed by atoms with van der Waals surface area (Å²) in [6.07, 6.45) is 1.19. The van der Waals surface area contributed by atoms with Crippen LogP contribution in [0.3, 0.4) is 0 Å². The molecule has 3 aromatic carbocycles. The van der Waals surface area contributed by atoms with Crippen LogP contribution in [0.1, 0.15) is 25.7 Å². The summed E-state index contributed by atoms with van der Waals surface area (Å²) in [5, 5.41) is 4.26. The van der Waals surface area contributed by atoms with Crippen LogP contribution in [-0.4, -0.2) is 59.8 Å². The van der Waals surface area contributed by atoms with Gasteiger partial charge in [0.05, 0.1) is 12.3 Å². The Kier molecular flexibility index (Phi) is 8.07. The molecule has 2 aliphatic rings. The molecule has 2 atom stereocenters. The van der Waals surface area contributed by atoms with E-state index in [1.165, 1.54) is 10.4 Å². The summed E-state index contributed by atoms with van der Waals surface area (Å²) in [5.41, 5.74) is 4.10. The lowest BCUT2D eigenvalue weighted by Gasteiger charge is -2.37. The molecule has 1 unspecified atom stereocenters. The third kappa shape index (κ3) is 6.31. The largest absolute Gasteiger partial charge is 0.491 e. The molecule has 9 heteroatoms. The molecule has 4 aromatic rings. The SMILES string of the molecule is CC(C)Cn1ncn(-c2ccc(N3CCN(c4ccc(OC[C@@H]5COC(c6ccccc6)O5)cc4)CC3)cc2)c1=O. The predicted octanol–water partition coefficient (Wildman–Crippen LogP) is 4.51. The first-order valence-electron chi connectivity index (χ1n) is 14.3. The van der Waals surface area contributed by atoms with Crippen LogP contribution in [0.5, 0.6) is 5.75 Å². The molecule has 1 aromatic heterocycles. The van der Waals surface area contributed by atoms with Crippen LogP contribution in [0.15, 0.2) is 90.0 Å². The second-order valence-corrected chi connectivity index (χ2v) is 11.0. The van der Waals surface area contributed by atoms with Gasteiger partial charge in [0.1, 0.15) is 24.8 Å². The quantitative estimate of drug-likeness (QED) is 0.301. The van der Waals surface area contributed by atoms with Gasteiger partial charge in [0.2, 0.25) is 0 Å². The van der Waals surface area contributed by atoms with Crippen LogP contribution in [-0.2, 0) is 16.0 Å². The van der Waals surface area contributed by atoms with Gasteiger partial charge in [-0.05, 0) is 54.4 Å². The normalized spacial score (nSPS) is 19.2. The topological polar surface area (TPSA) is 74.0 Å². The van der Waals surface area contributed by atoms with E-state index in [-0.39, 0.29) is 18.1 Å². The van der Waals surface area contributed by atoms with Crippen molar-refractivity contribution in [3.05, 3.63) is 101 Å². The summed E-state index contributed by atoms with van der Waals surface area (Å²) in [7, 11) is 0. The monoisotopic (exact) mass is 555 g/mol. The molecule has 2 saturated heterocycles. The van der Waals surface area contributed by atoms with Crippen LogP contribution < -0.4 is 20.2 Å². The Balaban J connectivity index is 0.979. The number of rotatable bonds is 9. The van der Waals surface area contributed by atoms with Crippen molar-refractivity contribution in [3.63, 3.8) is 0 Å². The van der Waals surface area contributed by atoms with Gasteiger partial charge in [-0.15, -0.1) is 0 Å². The molecule has 0 radical (unpaired) electrons. The molecule has 0 amide bonds. The minimum absolute atomic E-state index is 0.0921. The van der Waals surface area contributed by atoms with Crippen molar-refractivity contribution in [1.29, 1.82) is 0 Å². The van der Waals surface area contributed by atoms with Crippen molar-refractivity contribution in [3.8, 4) is 11.4 Å². The van der Waals surface area contributed by atoms with Crippen molar-refractivity contribution in [2.75, 3.05) is 49.2 Å². The van der Waals surface area contributed by atoms with E-state index in [1.54, 1.807) is 10.9 Å². The maximum Gasteiger partial charge on any atom is 0.350 e. The maximum absolute atomic E-state index is 12.7. The van der Waals surface area contributed by atoms with Gasteiger partial charge in [0.15, 0.2) is 6.29 Å². The second kappa shape index (κ2) is 12.2. The zero-order valence-electron chi connectivity index (χ0n) is 23.6. The Morgan fingerprint density at radius 2 is 1.46 bits per heavy atom. The highest BCUT2D eigenvalue weighted by molar-refractivity contribution is 5.54. The lowest BCUT2D eigenvalue weighted by atomic mass is 10.2. The maximum atomic E-state index is 12.7. The fourth-order valence-corrected chi connectivity index (χ4v) is 5.30. The third-order valence-electron chi connectivity index (χ3n) is 7.50. The van der Waals surface area contributed by atoms with Crippen molar-refractivity contribution in [1.82, 2.24) is 14.3 Å². The van der Waals surface area contributed by atoms with E-state index in [4.69, 9.17) is 14.2 Å². The Morgan fingerprint density at radius 1 is 0.854 bits per heavy atom. The first kappa shape index (κ1) is 27.1. The lowest BCUT2D eigenvalue weighted by Crippen LogP contribution is -2.46. The van der Waals surface area contributed by atoms with Gasteiger partial charge in [0.25, 0.3) is 0 Å². The van der Waals surface area contributed by atoms with Crippen molar-refractivity contribution in [2.24, 2.45) is 5.92 Å². The highest BCUT2D eigenvalue weighted by atomic mass is 16.7. The van der Waals surface area contributed by atoms with Gasteiger partial charge >= 0.3 is 5.69 Å². The first-order valence-corrected chi connectivity index (χ1v) is 14.3. The van der Waals surface area contributed by atoms with Gasteiger partial charge in [-0.3, -0.25) is 0 Å². The minimum Gasteiger partial charge on any atom is -0.491 e. The zero-order chi connectivity index (χ0) is 28.2. The van der Waals surface area contributed by atoms with Gasteiger partial charge in [0, 0.05) is 49.7 Å². The van der Waals surface area contributed by atoms with E-state index < -0.39 is 0 Å². The average Bonchev–Trinajstić information content (AvgIpc) is 3.63. The Labute approximate surface area is 240 Å². The molecule has 0 bridgehead atoms. The highest BCUT2D eigenvalue weighted by Crippen LogP contribution is 2.28. The van der Waals surface area contributed by atoms with Crippen LogP contribution in [0.4, 0.5) is 11.4 Å². The zero-order valence-corrected chi connectivity index (χ0v) is 23.6. The van der Waals surface area contributed by atoms with E-state index in [0.29, 0.717) is 25.7 Å². The van der Waals surface area contributed by atoms with Crippen molar-refractivity contribution < 1.29 is 14.2 Å². The number of nitrogens with zero attached hydrogens (tertiary/aromatic N) is 5. The number of hydrogen-bond acceptors (Lipinski definition) is 7. The van der Waals surface area contributed by atoms with Crippen LogP contribution >= 0.6 is 0 Å². The number of ether oxygens (including phenoxy) is 3. The smallest absolute Gasteiger partial charge is 0.350 e. The second-order valence-electron chi connectivity index (χ2n) is 11.0.